The van der Waals surface area contributed by atoms with E-state index in [4.69, 9.17) is 4.42 Å². The zero-order valence-electron chi connectivity index (χ0n) is 18.6. The van der Waals surface area contributed by atoms with Crippen molar-refractivity contribution < 1.29 is 14.3 Å². The topological polar surface area (TPSA) is 118 Å². The average molecular weight is 447 g/mol. The van der Waals surface area contributed by atoms with Gasteiger partial charge < -0.3 is 20.2 Å². The van der Waals surface area contributed by atoms with Crippen LogP contribution < -0.4 is 10.6 Å². The number of carbonyl (C=O) groups is 1. The van der Waals surface area contributed by atoms with Gasteiger partial charge in [-0.1, -0.05) is 0 Å². The van der Waals surface area contributed by atoms with Crippen LogP contribution in [0.5, 0.6) is 0 Å². The van der Waals surface area contributed by atoms with Crippen LogP contribution in [0.3, 0.4) is 0 Å². The second kappa shape index (κ2) is 8.67. The number of aliphatic hydroxyl groups is 1. The van der Waals surface area contributed by atoms with E-state index in [9.17, 15) is 9.90 Å². The number of anilines is 2. The smallest absolute Gasteiger partial charge is 0.277 e. The van der Waals surface area contributed by atoms with Crippen molar-refractivity contribution in [2.45, 2.75) is 44.8 Å². The van der Waals surface area contributed by atoms with Gasteiger partial charge in [-0.2, -0.15) is 5.10 Å². The molecule has 3 heterocycles. The summed E-state index contributed by atoms with van der Waals surface area (Å²) >= 11 is 0. The monoisotopic (exact) mass is 446 g/mol. The maximum absolute atomic E-state index is 13.0. The molecule has 0 radical (unpaired) electrons. The van der Waals surface area contributed by atoms with Gasteiger partial charge in [-0.05, 0) is 56.9 Å². The van der Waals surface area contributed by atoms with E-state index in [2.05, 4.69) is 25.7 Å². The summed E-state index contributed by atoms with van der Waals surface area (Å²) in [5, 5.41) is 21.8. The molecule has 1 amide bonds. The Kier molecular flexibility index (Phi) is 5.55. The highest BCUT2D eigenvalue weighted by molar-refractivity contribution is 6.06. The van der Waals surface area contributed by atoms with Crippen molar-refractivity contribution >= 4 is 28.2 Å². The number of nitrogens with zero attached hydrogens (tertiary/aromatic N) is 4. The first-order chi connectivity index (χ1) is 15.9. The molecule has 1 aromatic carbocycles. The molecule has 1 aliphatic carbocycles. The van der Waals surface area contributed by atoms with Crippen LogP contribution >= 0.6 is 0 Å². The van der Waals surface area contributed by atoms with E-state index in [1.165, 1.54) is 6.26 Å². The quantitative estimate of drug-likeness (QED) is 0.425. The van der Waals surface area contributed by atoms with Crippen molar-refractivity contribution in [3.8, 4) is 11.5 Å². The number of benzene rings is 1. The zero-order chi connectivity index (χ0) is 22.9. The van der Waals surface area contributed by atoms with Gasteiger partial charge in [0.2, 0.25) is 5.89 Å². The largest absolute Gasteiger partial charge is 0.444 e. The van der Waals surface area contributed by atoms with Crippen molar-refractivity contribution in [2.24, 2.45) is 7.05 Å². The van der Waals surface area contributed by atoms with Crippen LogP contribution in [0.2, 0.25) is 0 Å². The standard InChI is InChI=1S/C24H26N6O3/c1-14-9-15(7-8-25-14)24-28-22(13-33-24)23(32)27-20-10-16-12-30(2)29-19(16)11-21(20)26-17-3-5-18(31)6-4-17/h7-13,17-18,26,31H,3-6H2,1-2H3,(H,27,32)/t17-,18-. The molecular formula is C24H26N6O3. The van der Waals surface area contributed by atoms with Crippen molar-refractivity contribution in [1.82, 2.24) is 19.7 Å². The summed E-state index contributed by atoms with van der Waals surface area (Å²) < 4.78 is 7.30. The molecule has 0 aliphatic heterocycles. The number of oxazole rings is 1. The van der Waals surface area contributed by atoms with Crippen LogP contribution in [0.1, 0.15) is 41.9 Å². The Morgan fingerprint density at radius 3 is 2.79 bits per heavy atom. The summed E-state index contributed by atoms with van der Waals surface area (Å²) in [6.45, 7) is 1.89. The normalized spacial score (nSPS) is 18.4. The fraction of sp³-hybridized carbons (Fsp3) is 0.333. The van der Waals surface area contributed by atoms with E-state index in [-0.39, 0.29) is 23.7 Å². The van der Waals surface area contributed by atoms with Gasteiger partial charge in [0.1, 0.15) is 6.26 Å². The zero-order valence-corrected chi connectivity index (χ0v) is 18.6. The molecule has 33 heavy (non-hydrogen) atoms. The van der Waals surface area contributed by atoms with Crippen molar-refractivity contribution in [1.29, 1.82) is 0 Å². The first-order valence-electron chi connectivity index (χ1n) is 11.1. The Labute approximate surface area is 190 Å². The Morgan fingerprint density at radius 2 is 2.00 bits per heavy atom. The fourth-order valence-corrected chi connectivity index (χ4v) is 4.23. The first kappa shape index (κ1) is 21.1. The van der Waals surface area contributed by atoms with Gasteiger partial charge in [0.25, 0.3) is 5.91 Å². The molecular weight excluding hydrogens is 420 g/mol. The summed E-state index contributed by atoms with van der Waals surface area (Å²) in [6.07, 6.45) is 7.98. The molecule has 0 spiro atoms. The number of carbonyl (C=O) groups excluding carboxylic acids is 1. The third-order valence-electron chi connectivity index (χ3n) is 5.94. The Hall–Kier alpha value is -3.72. The van der Waals surface area contributed by atoms with Crippen LogP contribution in [-0.2, 0) is 7.05 Å². The highest BCUT2D eigenvalue weighted by Gasteiger charge is 2.22. The number of rotatable bonds is 5. The predicted octanol–water partition coefficient (Wildman–Crippen LogP) is 3.90. The summed E-state index contributed by atoms with van der Waals surface area (Å²) in [6, 6.07) is 7.73. The molecule has 0 bridgehead atoms. The van der Waals surface area contributed by atoms with Crippen LogP contribution in [0.15, 0.2) is 47.3 Å². The van der Waals surface area contributed by atoms with Crippen LogP contribution in [0, 0.1) is 6.92 Å². The number of pyridine rings is 1. The summed E-state index contributed by atoms with van der Waals surface area (Å²) in [4.78, 5) is 21.6. The lowest BCUT2D eigenvalue weighted by Crippen LogP contribution is -2.28. The van der Waals surface area contributed by atoms with E-state index in [0.29, 0.717) is 11.6 Å². The highest BCUT2D eigenvalue weighted by Crippen LogP contribution is 2.31. The van der Waals surface area contributed by atoms with Crippen molar-refractivity contribution in [2.75, 3.05) is 10.6 Å². The van der Waals surface area contributed by atoms with E-state index in [0.717, 1.165) is 53.5 Å². The third kappa shape index (κ3) is 4.58. The van der Waals surface area contributed by atoms with E-state index >= 15 is 0 Å². The number of fused-ring (bicyclic) bond motifs is 1. The summed E-state index contributed by atoms with van der Waals surface area (Å²) in [5.74, 6) is 0.00797. The van der Waals surface area contributed by atoms with Gasteiger partial charge >= 0.3 is 0 Å². The number of aryl methyl sites for hydroxylation is 2. The minimum Gasteiger partial charge on any atom is -0.444 e. The van der Waals surface area contributed by atoms with Gasteiger partial charge in [-0.3, -0.25) is 14.5 Å². The van der Waals surface area contributed by atoms with Crippen LogP contribution in [-0.4, -0.2) is 42.9 Å². The molecule has 3 aromatic heterocycles. The molecule has 1 aliphatic rings. The molecule has 9 nitrogen and oxygen atoms in total. The van der Waals surface area contributed by atoms with Gasteiger partial charge in [0.15, 0.2) is 5.69 Å². The summed E-state index contributed by atoms with van der Waals surface area (Å²) in [5.41, 5.74) is 4.08. The third-order valence-corrected chi connectivity index (χ3v) is 5.94. The van der Waals surface area contributed by atoms with E-state index in [1.54, 1.807) is 16.9 Å². The highest BCUT2D eigenvalue weighted by atomic mass is 16.3. The second-order valence-electron chi connectivity index (χ2n) is 8.59. The lowest BCUT2D eigenvalue weighted by atomic mass is 9.93. The number of aromatic nitrogens is 4. The molecule has 5 rings (SSSR count). The molecule has 170 valence electrons. The van der Waals surface area contributed by atoms with Gasteiger partial charge in [-0.25, -0.2) is 4.98 Å². The molecule has 0 saturated heterocycles. The Morgan fingerprint density at radius 1 is 1.18 bits per heavy atom. The van der Waals surface area contributed by atoms with Gasteiger partial charge in [-0.15, -0.1) is 0 Å². The lowest BCUT2D eigenvalue weighted by molar-refractivity contribution is 0.102. The average Bonchev–Trinajstić information content (AvgIpc) is 3.42. The lowest BCUT2D eigenvalue weighted by Gasteiger charge is -2.28. The molecule has 9 heteroatoms. The molecule has 3 N–H and O–H groups in total. The first-order valence-corrected chi connectivity index (χ1v) is 11.1. The van der Waals surface area contributed by atoms with E-state index < -0.39 is 0 Å². The van der Waals surface area contributed by atoms with Crippen LogP contribution in [0.25, 0.3) is 22.4 Å². The maximum atomic E-state index is 13.0. The molecule has 4 aromatic rings. The van der Waals surface area contributed by atoms with Gasteiger partial charge in [0.05, 0.1) is 23.0 Å². The SMILES string of the molecule is Cc1cc(-c2nc(C(=O)Nc3cc4cn(C)nc4cc3N[C@H]3CC[C@H](O)CC3)co2)ccn1. The van der Waals surface area contributed by atoms with Gasteiger partial charge in [0, 0.05) is 42.1 Å². The summed E-state index contributed by atoms with van der Waals surface area (Å²) in [7, 11) is 1.87. The Bertz CT molecular complexity index is 1300. The number of aliphatic hydroxyl groups excluding tert-OH is 1. The molecule has 0 atom stereocenters. The molecule has 0 unspecified atom stereocenters. The molecule has 1 fully saturated rings. The van der Waals surface area contributed by atoms with Crippen molar-refractivity contribution in [3.05, 3.63) is 54.3 Å². The minimum absolute atomic E-state index is 0.192. The number of hydrogen-bond donors (Lipinski definition) is 3. The second-order valence-corrected chi connectivity index (χ2v) is 8.59. The van der Waals surface area contributed by atoms with Crippen molar-refractivity contribution in [3.63, 3.8) is 0 Å². The number of hydrogen-bond acceptors (Lipinski definition) is 7. The fourth-order valence-electron chi connectivity index (χ4n) is 4.23. The molecule has 1 saturated carbocycles. The number of nitrogens with one attached hydrogen (secondary N) is 2. The Balaban J connectivity index is 1.41. The predicted molar refractivity (Wildman–Crippen MR) is 125 cm³/mol. The maximum Gasteiger partial charge on any atom is 0.277 e. The number of amides is 1. The van der Waals surface area contributed by atoms with E-state index in [1.807, 2.05) is 38.4 Å². The minimum atomic E-state index is -0.360. The van der Waals surface area contributed by atoms with Crippen LogP contribution in [0.4, 0.5) is 11.4 Å².